The number of fused-ring (bicyclic) bond motifs is 9. The molecule has 7 aromatic carbocycles. The fourth-order valence-corrected chi connectivity index (χ4v) is 10.4. The Kier molecular flexibility index (Phi) is 6.63. The molecule has 268 valence electrons. The first-order valence-electron chi connectivity index (χ1n) is 19.9. The highest BCUT2D eigenvalue weighted by atomic mass is 16.3. The third kappa shape index (κ3) is 4.58. The highest BCUT2D eigenvalue weighted by Gasteiger charge is 2.42. The van der Waals surface area contributed by atoms with E-state index in [1.165, 1.54) is 85.0 Å². The van der Waals surface area contributed by atoms with Crippen LogP contribution >= 0.6 is 0 Å². The predicted molar refractivity (Wildman–Crippen MR) is 235 cm³/mol. The van der Waals surface area contributed by atoms with Gasteiger partial charge in [0.05, 0.1) is 16.8 Å². The molecule has 0 amide bonds. The van der Waals surface area contributed by atoms with Crippen molar-refractivity contribution >= 4 is 79.4 Å². The lowest BCUT2D eigenvalue weighted by molar-refractivity contribution is 0.332. The molecular weight excluding hydrogens is 667 g/mol. The van der Waals surface area contributed by atoms with E-state index in [4.69, 9.17) is 4.42 Å². The van der Waals surface area contributed by atoms with Crippen LogP contribution in [0.5, 0.6) is 0 Å². The molecule has 0 fully saturated rings. The van der Waals surface area contributed by atoms with E-state index < -0.39 is 0 Å². The van der Waals surface area contributed by atoms with Crippen LogP contribution in [0.4, 0.5) is 28.4 Å². The predicted octanol–water partition coefficient (Wildman–Crippen LogP) is 12.3. The van der Waals surface area contributed by atoms with Crippen molar-refractivity contribution in [3.8, 4) is 11.1 Å². The topological polar surface area (TPSA) is 28.4 Å². The van der Waals surface area contributed by atoms with E-state index in [1.54, 1.807) is 0 Å². The summed E-state index contributed by atoms with van der Waals surface area (Å²) in [6.45, 7) is 14.4. The molecule has 11 rings (SSSR count). The minimum Gasteiger partial charge on any atom is -0.456 e. The molecule has 1 N–H and O–H groups in total. The SMILES string of the molecule is CC1(C)CCC(C)(C)c2cc(Nc3c(-c4c5c(cc6ccccc46)N4c6ccccc6C(C)(C)c6cccc(c64)B5)ccc4oc5ccccc5c34)ccc21. The fourth-order valence-electron chi connectivity index (χ4n) is 10.4. The van der Waals surface area contributed by atoms with Gasteiger partial charge in [-0.3, -0.25) is 0 Å². The molecule has 0 saturated heterocycles. The van der Waals surface area contributed by atoms with Crippen molar-refractivity contribution in [2.45, 2.75) is 70.6 Å². The molecule has 1 aliphatic carbocycles. The first-order chi connectivity index (χ1) is 26.5. The van der Waals surface area contributed by atoms with E-state index in [1.807, 2.05) is 0 Å². The van der Waals surface area contributed by atoms with Crippen LogP contribution in [-0.4, -0.2) is 7.28 Å². The second kappa shape index (κ2) is 11.2. The molecule has 0 spiro atoms. The average molecular weight is 713 g/mol. The average Bonchev–Trinajstić information content (AvgIpc) is 3.57. The van der Waals surface area contributed by atoms with Gasteiger partial charge < -0.3 is 14.6 Å². The minimum atomic E-state index is -0.112. The van der Waals surface area contributed by atoms with Gasteiger partial charge in [-0.1, -0.05) is 132 Å². The first kappa shape index (κ1) is 32.7. The maximum Gasteiger partial charge on any atom is 0.198 e. The summed E-state index contributed by atoms with van der Waals surface area (Å²) in [6, 6.07) is 47.5. The van der Waals surface area contributed by atoms with Crippen LogP contribution in [-0.2, 0) is 16.2 Å². The summed E-state index contributed by atoms with van der Waals surface area (Å²) < 4.78 is 6.58. The number of hydrogen-bond donors (Lipinski definition) is 1. The number of hydrogen-bond acceptors (Lipinski definition) is 3. The van der Waals surface area contributed by atoms with Gasteiger partial charge in [0, 0.05) is 33.4 Å². The maximum atomic E-state index is 6.58. The number of benzene rings is 7. The van der Waals surface area contributed by atoms with Gasteiger partial charge in [0.2, 0.25) is 0 Å². The van der Waals surface area contributed by atoms with Gasteiger partial charge in [0.15, 0.2) is 7.28 Å². The van der Waals surface area contributed by atoms with Crippen molar-refractivity contribution in [2.24, 2.45) is 0 Å². The summed E-state index contributed by atoms with van der Waals surface area (Å²) in [5.74, 6) is 0. The lowest BCUT2D eigenvalue weighted by Gasteiger charge is -2.46. The van der Waals surface area contributed by atoms with Crippen molar-refractivity contribution in [3.05, 3.63) is 150 Å². The zero-order valence-electron chi connectivity index (χ0n) is 32.6. The number of rotatable bonds is 3. The zero-order chi connectivity index (χ0) is 37.4. The highest BCUT2D eigenvalue weighted by Crippen LogP contribution is 2.54. The Morgan fingerprint density at radius 3 is 2.18 bits per heavy atom. The molecule has 2 aliphatic heterocycles. The molecule has 0 saturated carbocycles. The Labute approximate surface area is 324 Å². The molecule has 0 radical (unpaired) electrons. The Morgan fingerprint density at radius 1 is 0.600 bits per heavy atom. The Bertz CT molecular complexity index is 2930. The molecule has 0 unspecified atom stereocenters. The van der Waals surface area contributed by atoms with Crippen LogP contribution in [0.25, 0.3) is 43.8 Å². The van der Waals surface area contributed by atoms with Gasteiger partial charge in [-0.2, -0.15) is 0 Å². The van der Waals surface area contributed by atoms with Crippen LogP contribution in [0.2, 0.25) is 0 Å². The van der Waals surface area contributed by atoms with Crippen LogP contribution in [0, 0.1) is 0 Å². The van der Waals surface area contributed by atoms with Crippen molar-refractivity contribution < 1.29 is 4.42 Å². The number of anilines is 5. The van der Waals surface area contributed by atoms with E-state index >= 15 is 0 Å². The Hall–Kier alpha value is -5.74. The Balaban J connectivity index is 1.21. The molecule has 3 aliphatic rings. The lowest BCUT2D eigenvalue weighted by Crippen LogP contribution is -2.45. The number of para-hydroxylation sites is 3. The van der Waals surface area contributed by atoms with E-state index in [-0.39, 0.29) is 16.2 Å². The molecule has 8 aromatic rings. The van der Waals surface area contributed by atoms with Gasteiger partial charge >= 0.3 is 0 Å². The van der Waals surface area contributed by atoms with Crippen LogP contribution in [0.1, 0.15) is 76.6 Å². The number of furan rings is 1. The molecule has 1 aromatic heterocycles. The molecule has 0 atom stereocenters. The normalized spacial score (nSPS) is 16.9. The number of nitrogens with zero attached hydrogens (tertiary/aromatic N) is 1. The largest absolute Gasteiger partial charge is 0.456 e. The maximum absolute atomic E-state index is 6.58. The van der Waals surface area contributed by atoms with Crippen LogP contribution < -0.4 is 21.1 Å². The van der Waals surface area contributed by atoms with Crippen molar-refractivity contribution in [1.29, 1.82) is 0 Å². The molecular formula is C51H45BN2O. The highest BCUT2D eigenvalue weighted by molar-refractivity contribution is 6.74. The van der Waals surface area contributed by atoms with Gasteiger partial charge in [-0.15, -0.1) is 0 Å². The summed E-state index contributed by atoms with van der Waals surface area (Å²) in [5, 5.41) is 8.84. The van der Waals surface area contributed by atoms with E-state index in [0.717, 1.165) is 40.6 Å². The summed E-state index contributed by atoms with van der Waals surface area (Å²) >= 11 is 0. The quantitative estimate of drug-likeness (QED) is 0.185. The van der Waals surface area contributed by atoms with Gasteiger partial charge in [-0.05, 0) is 110 Å². The number of nitrogens with one attached hydrogen (secondary N) is 1. The summed E-state index contributed by atoms with van der Waals surface area (Å²) in [4.78, 5) is 2.58. The monoisotopic (exact) mass is 712 g/mol. The second-order valence-electron chi connectivity index (χ2n) is 18.1. The third-order valence-electron chi connectivity index (χ3n) is 13.5. The van der Waals surface area contributed by atoms with Gasteiger partial charge in [0.25, 0.3) is 0 Å². The lowest BCUT2D eigenvalue weighted by atomic mass is 9.55. The first-order valence-corrected chi connectivity index (χ1v) is 19.9. The van der Waals surface area contributed by atoms with Gasteiger partial charge in [-0.25, -0.2) is 0 Å². The van der Waals surface area contributed by atoms with Crippen molar-refractivity contribution in [2.75, 3.05) is 10.2 Å². The van der Waals surface area contributed by atoms with E-state index in [9.17, 15) is 0 Å². The van der Waals surface area contributed by atoms with Crippen molar-refractivity contribution in [3.63, 3.8) is 0 Å². The minimum absolute atomic E-state index is 0.0972. The van der Waals surface area contributed by atoms with Gasteiger partial charge in [0.1, 0.15) is 11.2 Å². The van der Waals surface area contributed by atoms with Crippen LogP contribution in [0.15, 0.2) is 132 Å². The summed E-state index contributed by atoms with van der Waals surface area (Å²) in [5.41, 5.74) is 18.8. The summed E-state index contributed by atoms with van der Waals surface area (Å²) in [6.07, 6.45) is 2.37. The van der Waals surface area contributed by atoms with Crippen LogP contribution in [0.3, 0.4) is 0 Å². The molecule has 0 bridgehead atoms. The zero-order valence-corrected chi connectivity index (χ0v) is 32.6. The van der Waals surface area contributed by atoms with E-state index in [0.29, 0.717) is 0 Å². The molecule has 4 heteroatoms. The third-order valence-corrected chi connectivity index (χ3v) is 13.5. The Morgan fingerprint density at radius 2 is 1.33 bits per heavy atom. The van der Waals surface area contributed by atoms with E-state index in [2.05, 4.69) is 179 Å². The molecule has 3 heterocycles. The summed E-state index contributed by atoms with van der Waals surface area (Å²) in [7, 11) is 0.846. The van der Waals surface area contributed by atoms with Crippen molar-refractivity contribution in [1.82, 2.24) is 0 Å². The standard InChI is InChI=1S/C51H45BN2O/c1-49(2)26-27-50(3,4)38-29-31(22-24-35(38)49)53-47-34(23-25-43-45(47)33-16-9-12-21-42(33)55-43)44-32-15-8-7-14-30(32)28-41-46(44)52-39-19-13-18-37-48(39)54(41)40-20-11-10-17-36(40)51(37,5)6/h7-25,28-29,52-53H,26-27H2,1-6H3. The molecule has 55 heavy (non-hydrogen) atoms. The fraction of sp³-hybridized carbons (Fsp3) is 0.216. The molecule has 3 nitrogen and oxygen atoms in total. The second-order valence-corrected chi connectivity index (χ2v) is 18.1. The smallest absolute Gasteiger partial charge is 0.198 e.